The van der Waals surface area contributed by atoms with Gasteiger partial charge in [0.15, 0.2) is 0 Å². The summed E-state index contributed by atoms with van der Waals surface area (Å²) < 4.78 is 0. The molecule has 108 valence electrons. The maximum absolute atomic E-state index is 11.9. The summed E-state index contributed by atoms with van der Waals surface area (Å²) in [5.41, 5.74) is 13.0. The van der Waals surface area contributed by atoms with E-state index in [-0.39, 0.29) is 22.9 Å². The Labute approximate surface area is 126 Å². The van der Waals surface area contributed by atoms with E-state index in [0.29, 0.717) is 11.4 Å². The molecule has 0 unspecified atom stereocenters. The van der Waals surface area contributed by atoms with Crippen molar-refractivity contribution in [3.8, 4) is 0 Å². The number of rotatable bonds is 4. The van der Waals surface area contributed by atoms with Crippen LogP contribution < -0.4 is 16.8 Å². The van der Waals surface area contributed by atoms with Gasteiger partial charge in [0.05, 0.1) is 17.0 Å². The van der Waals surface area contributed by atoms with Crippen LogP contribution >= 0.6 is 11.6 Å². The monoisotopic (exact) mass is 303 g/mol. The second-order valence-corrected chi connectivity index (χ2v) is 4.93. The lowest BCUT2D eigenvalue weighted by Gasteiger charge is -2.07. The predicted molar refractivity (Wildman–Crippen MR) is 83.2 cm³/mol. The van der Waals surface area contributed by atoms with Crippen LogP contribution in [0.15, 0.2) is 42.5 Å². The van der Waals surface area contributed by atoms with Crippen LogP contribution in [-0.4, -0.2) is 11.8 Å². The summed E-state index contributed by atoms with van der Waals surface area (Å²) in [6.45, 7) is 0. The molecule has 0 aromatic heterocycles. The lowest BCUT2D eigenvalue weighted by molar-refractivity contribution is -0.115. The van der Waals surface area contributed by atoms with E-state index in [9.17, 15) is 9.59 Å². The summed E-state index contributed by atoms with van der Waals surface area (Å²) in [6.07, 6.45) is 0.218. The lowest BCUT2D eigenvalue weighted by atomic mass is 10.1. The summed E-state index contributed by atoms with van der Waals surface area (Å²) >= 11 is 5.92. The van der Waals surface area contributed by atoms with Crippen LogP contribution in [0.4, 0.5) is 11.4 Å². The molecular weight excluding hydrogens is 290 g/mol. The van der Waals surface area contributed by atoms with Gasteiger partial charge in [0.25, 0.3) is 0 Å². The Morgan fingerprint density at radius 2 is 1.76 bits per heavy atom. The smallest absolute Gasteiger partial charge is 0.250 e. The molecule has 5 nitrogen and oxygen atoms in total. The van der Waals surface area contributed by atoms with E-state index in [4.69, 9.17) is 23.1 Å². The van der Waals surface area contributed by atoms with Gasteiger partial charge in [-0.1, -0.05) is 23.7 Å². The first kappa shape index (κ1) is 14.9. The zero-order valence-electron chi connectivity index (χ0n) is 11.1. The summed E-state index contributed by atoms with van der Waals surface area (Å²) in [6, 6.07) is 11.6. The molecule has 0 saturated carbocycles. The lowest BCUT2D eigenvalue weighted by Crippen LogP contribution is -2.15. The first-order valence-corrected chi connectivity index (χ1v) is 6.57. The molecule has 6 heteroatoms. The Kier molecular flexibility index (Phi) is 4.45. The van der Waals surface area contributed by atoms with Crippen molar-refractivity contribution in [2.45, 2.75) is 6.42 Å². The van der Waals surface area contributed by atoms with Gasteiger partial charge in [0, 0.05) is 11.4 Å². The normalized spacial score (nSPS) is 10.1. The number of hydrogen-bond acceptors (Lipinski definition) is 3. The van der Waals surface area contributed by atoms with Crippen LogP contribution in [0.1, 0.15) is 15.9 Å². The van der Waals surface area contributed by atoms with Crippen LogP contribution in [0.5, 0.6) is 0 Å². The van der Waals surface area contributed by atoms with Crippen molar-refractivity contribution >= 4 is 34.8 Å². The Hall–Kier alpha value is -2.53. The van der Waals surface area contributed by atoms with E-state index in [1.807, 2.05) is 0 Å². The topological polar surface area (TPSA) is 98.2 Å². The van der Waals surface area contributed by atoms with E-state index in [0.717, 1.165) is 5.56 Å². The molecule has 0 atom stereocenters. The molecule has 5 N–H and O–H groups in total. The molecule has 0 saturated heterocycles. The number of amides is 2. The first-order valence-electron chi connectivity index (χ1n) is 6.19. The summed E-state index contributed by atoms with van der Waals surface area (Å²) in [4.78, 5) is 23.0. The highest BCUT2D eigenvalue weighted by atomic mass is 35.5. The van der Waals surface area contributed by atoms with Gasteiger partial charge in [0.1, 0.15) is 0 Å². The molecule has 0 bridgehead atoms. The fraction of sp³-hybridized carbons (Fsp3) is 0.0667. The van der Waals surface area contributed by atoms with Gasteiger partial charge in [-0.05, 0) is 35.9 Å². The molecule has 0 aliphatic heterocycles. The van der Waals surface area contributed by atoms with Gasteiger partial charge >= 0.3 is 0 Å². The molecule has 21 heavy (non-hydrogen) atoms. The molecule has 0 heterocycles. The highest BCUT2D eigenvalue weighted by Crippen LogP contribution is 2.20. The van der Waals surface area contributed by atoms with E-state index >= 15 is 0 Å². The van der Waals surface area contributed by atoms with Gasteiger partial charge in [-0.15, -0.1) is 0 Å². The highest BCUT2D eigenvalue weighted by Gasteiger charge is 2.09. The Bertz CT molecular complexity index is 684. The average Bonchev–Trinajstić information content (AvgIpc) is 2.41. The number of primary amides is 1. The third-order valence-corrected chi connectivity index (χ3v) is 3.18. The van der Waals surface area contributed by atoms with Gasteiger partial charge in [-0.25, -0.2) is 0 Å². The number of halogens is 1. The maximum Gasteiger partial charge on any atom is 0.250 e. The van der Waals surface area contributed by atoms with Crippen LogP contribution in [-0.2, 0) is 11.2 Å². The molecule has 2 aromatic rings. The van der Waals surface area contributed by atoms with Crippen LogP contribution in [0.25, 0.3) is 0 Å². The second-order valence-electron chi connectivity index (χ2n) is 4.53. The summed E-state index contributed by atoms with van der Waals surface area (Å²) in [5.74, 6) is -0.803. The Morgan fingerprint density at radius 3 is 2.33 bits per heavy atom. The zero-order chi connectivity index (χ0) is 15.4. The van der Waals surface area contributed by atoms with E-state index < -0.39 is 5.91 Å². The van der Waals surface area contributed by atoms with E-state index in [1.165, 1.54) is 12.1 Å². The van der Waals surface area contributed by atoms with Gasteiger partial charge in [-0.2, -0.15) is 0 Å². The third kappa shape index (κ3) is 3.97. The van der Waals surface area contributed by atoms with Crippen LogP contribution in [0.3, 0.4) is 0 Å². The maximum atomic E-state index is 11.9. The molecule has 0 radical (unpaired) electrons. The molecule has 0 aliphatic carbocycles. The fourth-order valence-corrected chi connectivity index (χ4v) is 2.09. The van der Waals surface area contributed by atoms with Crippen molar-refractivity contribution in [2.24, 2.45) is 5.73 Å². The van der Waals surface area contributed by atoms with E-state index in [2.05, 4.69) is 5.32 Å². The molecular formula is C15H14ClN3O2. The third-order valence-electron chi connectivity index (χ3n) is 2.86. The molecule has 2 rings (SSSR count). The van der Waals surface area contributed by atoms with Crippen molar-refractivity contribution in [1.29, 1.82) is 0 Å². The minimum Gasteiger partial charge on any atom is -0.399 e. The number of carbonyl (C=O) groups is 2. The quantitative estimate of drug-likeness (QED) is 0.755. The minimum absolute atomic E-state index is 0.192. The molecule has 0 fully saturated rings. The number of hydrogen-bond donors (Lipinski definition) is 3. The van der Waals surface area contributed by atoms with Crippen molar-refractivity contribution < 1.29 is 9.59 Å². The average molecular weight is 304 g/mol. The van der Waals surface area contributed by atoms with Crippen molar-refractivity contribution in [2.75, 3.05) is 11.1 Å². The number of nitrogens with two attached hydrogens (primary N) is 2. The Morgan fingerprint density at radius 1 is 1.10 bits per heavy atom. The summed E-state index contributed by atoms with van der Waals surface area (Å²) in [7, 11) is 0. The standard InChI is InChI=1S/C15H14ClN3O2/c16-13-8-11(5-6-12(13)15(18)21)19-14(20)7-9-1-3-10(17)4-2-9/h1-6,8H,7,17H2,(H2,18,21)(H,19,20). The fourth-order valence-electron chi connectivity index (χ4n) is 1.82. The number of anilines is 2. The molecule has 2 amide bonds. The van der Waals surface area contributed by atoms with Crippen molar-refractivity contribution in [3.63, 3.8) is 0 Å². The SMILES string of the molecule is NC(=O)c1ccc(NC(=O)Cc2ccc(N)cc2)cc1Cl. The van der Waals surface area contributed by atoms with E-state index in [1.54, 1.807) is 30.3 Å². The molecule has 0 spiro atoms. The van der Waals surface area contributed by atoms with Crippen LogP contribution in [0, 0.1) is 0 Å². The van der Waals surface area contributed by atoms with Gasteiger partial charge < -0.3 is 16.8 Å². The Balaban J connectivity index is 2.04. The number of nitrogens with one attached hydrogen (secondary N) is 1. The predicted octanol–water partition coefficient (Wildman–Crippen LogP) is 2.20. The van der Waals surface area contributed by atoms with Crippen molar-refractivity contribution in [1.82, 2.24) is 0 Å². The van der Waals surface area contributed by atoms with Gasteiger partial charge in [-0.3, -0.25) is 9.59 Å². The zero-order valence-corrected chi connectivity index (χ0v) is 11.9. The second kappa shape index (κ2) is 6.28. The number of carbonyl (C=O) groups excluding carboxylic acids is 2. The minimum atomic E-state index is -0.611. The van der Waals surface area contributed by atoms with Gasteiger partial charge in [0.2, 0.25) is 11.8 Å². The molecule has 2 aromatic carbocycles. The van der Waals surface area contributed by atoms with Crippen molar-refractivity contribution in [3.05, 3.63) is 58.6 Å². The first-order chi connectivity index (χ1) is 9.95. The highest BCUT2D eigenvalue weighted by molar-refractivity contribution is 6.34. The number of benzene rings is 2. The van der Waals surface area contributed by atoms with Crippen LogP contribution in [0.2, 0.25) is 5.02 Å². The summed E-state index contributed by atoms with van der Waals surface area (Å²) in [5, 5.41) is 2.91. The number of nitrogen functional groups attached to an aromatic ring is 1. The largest absolute Gasteiger partial charge is 0.399 e. The molecule has 0 aliphatic rings.